The molecule has 0 bridgehead atoms. The Bertz CT molecular complexity index is 849. The van der Waals surface area contributed by atoms with Crippen LogP contribution in [-0.4, -0.2) is 46.2 Å². The van der Waals surface area contributed by atoms with Gasteiger partial charge < -0.3 is 20.3 Å². The van der Waals surface area contributed by atoms with Crippen LogP contribution in [0.5, 0.6) is 0 Å². The van der Waals surface area contributed by atoms with Gasteiger partial charge in [-0.15, -0.1) is 0 Å². The smallest absolute Gasteiger partial charge is 0.388 e. The molecule has 0 spiro atoms. The first kappa shape index (κ1) is 26.2. The number of aromatic nitrogens is 1. The molecular formula is C28H41F3N2O3. The van der Waals surface area contributed by atoms with Gasteiger partial charge in [0.25, 0.3) is 0 Å². The van der Waals surface area contributed by atoms with Crippen LogP contribution < -0.4 is 5.32 Å². The van der Waals surface area contributed by atoms with Crippen molar-refractivity contribution in [3.8, 4) is 0 Å². The van der Waals surface area contributed by atoms with Gasteiger partial charge >= 0.3 is 6.18 Å². The number of nitrogens with zero attached hydrogens (tertiary/aromatic N) is 1. The zero-order valence-corrected chi connectivity index (χ0v) is 21.0. The lowest BCUT2D eigenvalue weighted by atomic mass is 9.65. The van der Waals surface area contributed by atoms with E-state index in [1.165, 1.54) is 82.8 Å². The van der Waals surface area contributed by atoms with E-state index >= 15 is 0 Å². The molecule has 1 unspecified atom stereocenters. The molecule has 0 aromatic carbocycles. The Kier molecular flexibility index (Phi) is 8.13. The largest absolute Gasteiger partial charge is 0.433 e. The summed E-state index contributed by atoms with van der Waals surface area (Å²) in [6.45, 7) is 0.112. The van der Waals surface area contributed by atoms with Crippen LogP contribution in [0.2, 0.25) is 0 Å². The average Bonchev–Trinajstić information content (AvgIpc) is 3.37. The van der Waals surface area contributed by atoms with Crippen molar-refractivity contribution in [1.82, 2.24) is 4.98 Å². The molecule has 5 nitrogen and oxygen atoms in total. The van der Waals surface area contributed by atoms with E-state index in [1.807, 2.05) is 0 Å². The van der Waals surface area contributed by atoms with Crippen molar-refractivity contribution in [2.75, 3.05) is 11.9 Å². The molecule has 1 aromatic rings. The Labute approximate surface area is 212 Å². The Hall–Kier alpha value is -1.38. The summed E-state index contributed by atoms with van der Waals surface area (Å²) in [4.78, 5) is 3.58. The minimum atomic E-state index is -4.54. The van der Waals surface area contributed by atoms with Gasteiger partial charge in [-0.1, -0.05) is 44.6 Å². The van der Waals surface area contributed by atoms with Gasteiger partial charge in [0.15, 0.2) is 0 Å². The number of halogens is 3. The summed E-state index contributed by atoms with van der Waals surface area (Å²) >= 11 is 0. The van der Waals surface area contributed by atoms with Crippen molar-refractivity contribution in [2.45, 2.75) is 108 Å². The van der Waals surface area contributed by atoms with Gasteiger partial charge in [-0.25, -0.2) is 4.98 Å². The third-order valence-electron chi connectivity index (χ3n) is 9.53. The molecule has 1 saturated heterocycles. The fourth-order valence-electron chi connectivity index (χ4n) is 7.46. The van der Waals surface area contributed by atoms with Crippen molar-refractivity contribution in [3.63, 3.8) is 0 Å². The maximum absolute atomic E-state index is 12.9. The zero-order chi connectivity index (χ0) is 25.3. The number of alkyl halides is 3. The Morgan fingerprint density at radius 3 is 2.22 bits per heavy atom. The summed E-state index contributed by atoms with van der Waals surface area (Å²) < 4.78 is 44.6. The molecular weight excluding hydrogens is 469 g/mol. The van der Waals surface area contributed by atoms with Gasteiger partial charge in [0.05, 0.1) is 18.8 Å². The lowest BCUT2D eigenvalue weighted by Crippen LogP contribution is -2.56. The van der Waals surface area contributed by atoms with Gasteiger partial charge in [-0.2, -0.15) is 13.2 Å². The van der Waals surface area contributed by atoms with E-state index < -0.39 is 36.2 Å². The van der Waals surface area contributed by atoms with Crippen LogP contribution in [0.15, 0.2) is 18.2 Å². The molecule has 1 aliphatic heterocycles. The Morgan fingerprint density at radius 1 is 0.861 bits per heavy atom. The fourth-order valence-corrected chi connectivity index (χ4v) is 7.46. The summed E-state index contributed by atoms with van der Waals surface area (Å²) in [7, 11) is 0. The molecule has 202 valence electrons. The van der Waals surface area contributed by atoms with E-state index in [0.717, 1.165) is 36.2 Å². The van der Waals surface area contributed by atoms with E-state index in [2.05, 4.69) is 10.3 Å². The molecule has 36 heavy (non-hydrogen) atoms. The van der Waals surface area contributed by atoms with Gasteiger partial charge in [-0.05, 0) is 80.2 Å². The minimum absolute atomic E-state index is 0.00207. The minimum Gasteiger partial charge on any atom is -0.388 e. The number of anilines is 1. The normalized spacial score (nSPS) is 38.0. The maximum atomic E-state index is 12.9. The number of nitrogens with one attached hydrogen (secondary N) is 1. The van der Waals surface area contributed by atoms with Gasteiger partial charge in [0.2, 0.25) is 0 Å². The van der Waals surface area contributed by atoms with Crippen molar-refractivity contribution >= 4 is 5.82 Å². The first-order valence-corrected chi connectivity index (χ1v) is 14.0. The second-order valence-corrected chi connectivity index (χ2v) is 12.0. The molecule has 5 rings (SSSR count). The molecule has 4 aliphatic rings. The predicted octanol–water partition coefficient (Wildman–Crippen LogP) is 5.80. The third kappa shape index (κ3) is 6.18. The number of rotatable bonds is 7. The van der Waals surface area contributed by atoms with E-state index in [4.69, 9.17) is 4.74 Å². The topological polar surface area (TPSA) is 74.6 Å². The van der Waals surface area contributed by atoms with Crippen molar-refractivity contribution in [3.05, 3.63) is 23.9 Å². The molecule has 2 heterocycles. The SMILES string of the molecule is O[C@@H]1[C@@H](Nc2cccc(C(F)(F)F)n2)COC(CC2CC(CC3CCC(C4CCCC4)CC3)C2)[C@@H]1O. The van der Waals surface area contributed by atoms with E-state index in [0.29, 0.717) is 5.92 Å². The number of hydrogen-bond acceptors (Lipinski definition) is 5. The molecule has 3 N–H and O–H groups in total. The van der Waals surface area contributed by atoms with Crippen LogP contribution in [0.25, 0.3) is 0 Å². The zero-order valence-electron chi connectivity index (χ0n) is 21.0. The first-order chi connectivity index (χ1) is 17.3. The Morgan fingerprint density at radius 2 is 1.53 bits per heavy atom. The lowest BCUT2D eigenvalue weighted by molar-refractivity contribution is -0.150. The van der Waals surface area contributed by atoms with Gasteiger partial charge in [0.1, 0.15) is 23.7 Å². The summed E-state index contributed by atoms with van der Waals surface area (Å²) in [5.74, 6) is 4.15. The van der Waals surface area contributed by atoms with Crippen molar-refractivity contribution in [1.29, 1.82) is 0 Å². The van der Waals surface area contributed by atoms with Crippen LogP contribution in [0.4, 0.5) is 19.0 Å². The highest BCUT2D eigenvalue weighted by Crippen LogP contribution is 2.46. The number of aliphatic hydroxyl groups is 2. The van der Waals surface area contributed by atoms with Crippen LogP contribution in [0, 0.1) is 29.6 Å². The summed E-state index contributed by atoms with van der Waals surface area (Å²) in [6, 6.07) is 2.86. The monoisotopic (exact) mass is 510 g/mol. The van der Waals surface area contributed by atoms with E-state index in [-0.39, 0.29) is 12.4 Å². The standard InChI is InChI=1S/C28H41F3N2O3/c29-28(30,31)24-6-3-7-25(33-24)32-22-16-36-23(27(35)26(22)34)15-19-13-18(14-19)12-17-8-10-21(11-9-17)20-4-1-2-5-20/h3,6-7,17-23,26-27,34-35H,1-2,4-5,8-16H2,(H,32,33)/t17?,18?,19?,21?,22-,23?,26+,27-/m0/s1. The summed E-state index contributed by atoms with van der Waals surface area (Å²) in [6.07, 6.45) is 8.64. The third-order valence-corrected chi connectivity index (χ3v) is 9.53. The van der Waals surface area contributed by atoms with Crippen LogP contribution in [0.3, 0.4) is 0 Å². The molecule has 4 fully saturated rings. The second kappa shape index (κ2) is 11.2. The molecule has 8 heteroatoms. The molecule has 3 aliphatic carbocycles. The van der Waals surface area contributed by atoms with E-state index in [9.17, 15) is 23.4 Å². The molecule has 4 atom stereocenters. The van der Waals surface area contributed by atoms with Gasteiger partial charge in [-0.3, -0.25) is 0 Å². The molecule has 3 saturated carbocycles. The first-order valence-electron chi connectivity index (χ1n) is 14.0. The highest BCUT2D eigenvalue weighted by atomic mass is 19.4. The van der Waals surface area contributed by atoms with E-state index in [1.54, 1.807) is 0 Å². The molecule has 0 radical (unpaired) electrons. The quantitative estimate of drug-likeness (QED) is 0.432. The highest BCUT2D eigenvalue weighted by Gasteiger charge is 2.42. The van der Waals surface area contributed by atoms with Crippen LogP contribution >= 0.6 is 0 Å². The predicted molar refractivity (Wildman–Crippen MR) is 131 cm³/mol. The molecule has 1 aromatic heterocycles. The van der Waals surface area contributed by atoms with Crippen molar-refractivity contribution < 1.29 is 28.1 Å². The number of ether oxygens (including phenoxy) is 1. The maximum Gasteiger partial charge on any atom is 0.433 e. The average molecular weight is 511 g/mol. The van der Waals surface area contributed by atoms with Gasteiger partial charge in [0, 0.05) is 0 Å². The Balaban J connectivity index is 1.02. The van der Waals surface area contributed by atoms with Crippen molar-refractivity contribution in [2.24, 2.45) is 29.6 Å². The second-order valence-electron chi connectivity index (χ2n) is 12.0. The molecule has 0 amide bonds. The number of pyridine rings is 1. The summed E-state index contributed by atoms with van der Waals surface area (Å²) in [5, 5.41) is 24.1. The summed E-state index contributed by atoms with van der Waals surface area (Å²) in [5.41, 5.74) is -1.00. The number of aliphatic hydroxyl groups excluding tert-OH is 2. The fraction of sp³-hybridized carbons (Fsp3) is 0.821. The number of hydrogen-bond donors (Lipinski definition) is 3. The lowest BCUT2D eigenvalue weighted by Gasteiger charge is -2.44. The van der Waals surface area contributed by atoms with Crippen LogP contribution in [0.1, 0.15) is 82.7 Å². The highest BCUT2D eigenvalue weighted by molar-refractivity contribution is 5.37. The van der Waals surface area contributed by atoms with Crippen LogP contribution in [-0.2, 0) is 10.9 Å².